The molecule has 3 aromatic rings. The van der Waals surface area contributed by atoms with Crippen molar-refractivity contribution in [1.82, 2.24) is 5.32 Å². The quantitative estimate of drug-likeness (QED) is 0.617. The maximum Gasteiger partial charge on any atom is 0.418 e. The van der Waals surface area contributed by atoms with E-state index in [1.165, 1.54) is 18.2 Å². The molecule has 154 valence electrons. The van der Waals surface area contributed by atoms with E-state index in [1.807, 2.05) is 0 Å². The second kappa shape index (κ2) is 9.26. The number of benzene rings is 3. The third-order valence-corrected chi connectivity index (χ3v) is 4.43. The minimum Gasteiger partial charge on any atom is -0.340 e. The maximum absolute atomic E-state index is 13.3. The Bertz CT molecular complexity index is 1010. The molecule has 3 aromatic carbocycles. The molecule has 0 aliphatic rings. The first-order valence-electron chi connectivity index (χ1n) is 9.21. The molecule has 0 heterocycles. The van der Waals surface area contributed by atoms with Crippen molar-refractivity contribution in [2.24, 2.45) is 0 Å². The van der Waals surface area contributed by atoms with Gasteiger partial charge < -0.3 is 10.6 Å². The molecule has 0 aromatic heterocycles. The van der Waals surface area contributed by atoms with E-state index >= 15 is 0 Å². The number of amides is 2. The molecule has 0 bridgehead atoms. The zero-order valence-corrected chi connectivity index (χ0v) is 15.8. The summed E-state index contributed by atoms with van der Waals surface area (Å²) in [5.74, 6) is -1.23. The predicted octanol–water partition coefficient (Wildman–Crippen LogP) is 4.69. The molecule has 0 aliphatic carbocycles. The van der Waals surface area contributed by atoms with E-state index in [4.69, 9.17) is 0 Å². The summed E-state index contributed by atoms with van der Waals surface area (Å²) >= 11 is 0. The number of hydrogen-bond donors (Lipinski definition) is 2. The third-order valence-electron chi connectivity index (χ3n) is 4.43. The number of para-hydroxylation sites is 1. The van der Waals surface area contributed by atoms with Crippen molar-refractivity contribution < 1.29 is 22.8 Å². The second-order valence-corrected chi connectivity index (χ2v) is 6.61. The average molecular weight is 412 g/mol. The summed E-state index contributed by atoms with van der Waals surface area (Å²) < 4.78 is 39.8. The first-order valence-corrected chi connectivity index (χ1v) is 9.21. The van der Waals surface area contributed by atoms with E-state index < -0.39 is 29.6 Å². The Morgan fingerprint density at radius 1 is 0.800 bits per heavy atom. The van der Waals surface area contributed by atoms with Crippen LogP contribution >= 0.6 is 0 Å². The molecule has 2 amide bonds. The Labute approximate surface area is 171 Å². The SMILES string of the molecule is O=C(N[C@@H](Cc1ccccc1)C(=O)Nc1ccccc1C(F)(F)F)c1ccccc1. The molecule has 0 saturated heterocycles. The highest BCUT2D eigenvalue weighted by Crippen LogP contribution is 2.34. The Balaban J connectivity index is 1.84. The zero-order valence-electron chi connectivity index (χ0n) is 15.8. The maximum atomic E-state index is 13.3. The van der Waals surface area contributed by atoms with Gasteiger partial charge >= 0.3 is 6.18 Å². The van der Waals surface area contributed by atoms with Gasteiger partial charge in [-0.3, -0.25) is 9.59 Å². The summed E-state index contributed by atoms with van der Waals surface area (Å²) in [6.45, 7) is 0. The summed E-state index contributed by atoms with van der Waals surface area (Å²) in [6.07, 6.45) is -4.49. The van der Waals surface area contributed by atoms with Crippen molar-refractivity contribution in [3.63, 3.8) is 0 Å². The number of hydrogen-bond acceptors (Lipinski definition) is 2. The van der Waals surface area contributed by atoms with E-state index in [1.54, 1.807) is 60.7 Å². The van der Waals surface area contributed by atoms with Gasteiger partial charge in [-0.15, -0.1) is 0 Å². The van der Waals surface area contributed by atoms with Crippen LogP contribution < -0.4 is 10.6 Å². The lowest BCUT2D eigenvalue weighted by Crippen LogP contribution is -2.45. The largest absolute Gasteiger partial charge is 0.418 e. The minimum atomic E-state index is -4.62. The Morgan fingerprint density at radius 2 is 1.37 bits per heavy atom. The van der Waals surface area contributed by atoms with Crippen LogP contribution in [0.4, 0.5) is 18.9 Å². The van der Waals surface area contributed by atoms with Crippen LogP contribution in [0, 0.1) is 0 Å². The van der Waals surface area contributed by atoms with Crippen LogP contribution in [0.3, 0.4) is 0 Å². The van der Waals surface area contributed by atoms with Crippen LogP contribution in [0.25, 0.3) is 0 Å². The first kappa shape index (κ1) is 21.1. The van der Waals surface area contributed by atoms with Gasteiger partial charge in [0.25, 0.3) is 5.91 Å². The number of carbonyl (C=O) groups excluding carboxylic acids is 2. The molecular weight excluding hydrogens is 393 g/mol. The number of carbonyl (C=O) groups is 2. The number of alkyl halides is 3. The lowest BCUT2D eigenvalue weighted by molar-refractivity contribution is -0.137. The zero-order chi connectivity index (χ0) is 21.6. The van der Waals surface area contributed by atoms with Crippen molar-refractivity contribution in [2.75, 3.05) is 5.32 Å². The predicted molar refractivity (Wildman–Crippen MR) is 108 cm³/mol. The summed E-state index contributed by atoms with van der Waals surface area (Å²) in [5.41, 5.74) is -0.206. The smallest absolute Gasteiger partial charge is 0.340 e. The van der Waals surface area contributed by atoms with Crippen LogP contribution in [0.15, 0.2) is 84.9 Å². The number of rotatable bonds is 6. The number of halogens is 3. The van der Waals surface area contributed by atoms with E-state index in [0.29, 0.717) is 5.56 Å². The molecule has 30 heavy (non-hydrogen) atoms. The fourth-order valence-electron chi connectivity index (χ4n) is 2.95. The molecule has 4 nitrogen and oxygen atoms in total. The molecule has 1 atom stereocenters. The molecule has 0 aliphatic heterocycles. The number of nitrogens with one attached hydrogen (secondary N) is 2. The van der Waals surface area contributed by atoms with Crippen molar-refractivity contribution in [1.29, 1.82) is 0 Å². The van der Waals surface area contributed by atoms with Crippen LogP contribution in [0.2, 0.25) is 0 Å². The standard InChI is InChI=1S/C23H19F3N2O2/c24-23(25,26)18-13-7-8-14-19(18)27-22(30)20(15-16-9-3-1-4-10-16)28-21(29)17-11-5-2-6-12-17/h1-14,20H,15H2,(H,27,30)(H,28,29)/t20-/m0/s1. The molecule has 3 rings (SSSR count). The second-order valence-electron chi connectivity index (χ2n) is 6.61. The van der Waals surface area contributed by atoms with Crippen molar-refractivity contribution in [3.05, 3.63) is 102 Å². The average Bonchev–Trinajstić information content (AvgIpc) is 2.74. The van der Waals surface area contributed by atoms with Gasteiger partial charge in [0.1, 0.15) is 6.04 Å². The minimum absolute atomic E-state index is 0.124. The van der Waals surface area contributed by atoms with Crippen LogP contribution in [0.1, 0.15) is 21.5 Å². The van der Waals surface area contributed by atoms with Gasteiger partial charge in [0, 0.05) is 12.0 Å². The lowest BCUT2D eigenvalue weighted by Gasteiger charge is -2.20. The van der Waals surface area contributed by atoms with Gasteiger partial charge in [-0.2, -0.15) is 13.2 Å². The summed E-state index contributed by atoms with van der Waals surface area (Å²) in [4.78, 5) is 25.4. The highest BCUT2D eigenvalue weighted by molar-refractivity contribution is 6.01. The van der Waals surface area contributed by atoms with E-state index in [9.17, 15) is 22.8 Å². The summed E-state index contributed by atoms with van der Waals surface area (Å²) in [7, 11) is 0. The van der Waals surface area contributed by atoms with E-state index in [2.05, 4.69) is 10.6 Å². The van der Waals surface area contributed by atoms with E-state index in [-0.39, 0.29) is 12.1 Å². The van der Waals surface area contributed by atoms with Gasteiger partial charge in [0.05, 0.1) is 11.3 Å². The third kappa shape index (κ3) is 5.47. The van der Waals surface area contributed by atoms with Gasteiger partial charge in [-0.1, -0.05) is 60.7 Å². The molecule has 0 unspecified atom stereocenters. The topological polar surface area (TPSA) is 58.2 Å². The van der Waals surface area contributed by atoms with E-state index in [0.717, 1.165) is 11.6 Å². The van der Waals surface area contributed by atoms with Crippen molar-refractivity contribution in [3.8, 4) is 0 Å². The highest BCUT2D eigenvalue weighted by Gasteiger charge is 2.34. The van der Waals surface area contributed by atoms with Gasteiger partial charge in [0.2, 0.25) is 5.91 Å². The van der Waals surface area contributed by atoms with Gasteiger partial charge in [-0.25, -0.2) is 0 Å². The van der Waals surface area contributed by atoms with Crippen molar-refractivity contribution >= 4 is 17.5 Å². The Kier molecular flexibility index (Phi) is 6.51. The van der Waals surface area contributed by atoms with Crippen LogP contribution in [-0.2, 0) is 17.4 Å². The monoisotopic (exact) mass is 412 g/mol. The van der Waals surface area contributed by atoms with Crippen molar-refractivity contribution in [2.45, 2.75) is 18.6 Å². The molecule has 0 fully saturated rings. The molecular formula is C23H19F3N2O2. The summed E-state index contributed by atoms with van der Waals surface area (Å²) in [5, 5.41) is 4.95. The highest BCUT2D eigenvalue weighted by atomic mass is 19.4. The van der Waals surface area contributed by atoms with Gasteiger partial charge in [-0.05, 0) is 29.8 Å². The molecule has 0 radical (unpaired) electrons. The fraction of sp³-hybridized carbons (Fsp3) is 0.130. The Hall–Kier alpha value is -3.61. The fourth-order valence-corrected chi connectivity index (χ4v) is 2.95. The molecule has 2 N–H and O–H groups in total. The molecule has 0 saturated carbocycles. The Morgan fingerprint density at radius 3 is 2.00 bits per heavy atom. The molecule has 0 spiro atoms. The van der Waals surface area contributed by atoms with Gasteiger partial charge in [0.15, 0.2) is 0 Å². The molecule has 7 heteroatoms. The van der Waals surface area contributed by atoms with Crippen LogP contribution in [0.5, 0.6) is 0 Å². The first-order chi connectivity index (χ1) is 14.3. The normalized spacial score (nSPS) is 12.1. The number of anilines is 1. The lowest BCUT2D eigenvalue weighted by atomic mass is 10.0. The van der Waals surface area contributed by atoms with Crippen LogP contribution in [-0.4, -0.2) is 17.9 Å². The summed E-state index contributed by atoms with van der Waals surface area (Å²) in [6, 6.07) is 20.9.